The lowest BCUT2D eigenvalue weighted by Crippen LogP contribution is -2.37. The van der Waals surface area contributed by atoms with Crippen LogP contribution in [-0.2, 0) is 4.74 Å². The van der Waals surface area contributed by atoms with E-state index < -0.39 is 10.7 Å². The van der Waals surface area contributed by atoms with E-state index >= 15 is 0 Å². The summed E-state index contributed by atoms with van der Waals surface area (Å²) in [5.74, 6) is 0.104. The molecule has 1 fully saturated rings. The molecule has 29 heavy (non-hydrogen) atoms. The van der Waals surface area contributed by atoms with Crippen molar-refractivity contribution < 1.29 is 19.2 Å². The summed E-state index contributed by atoms with van der Waals surface area (Å²) in [6.07, 6.45) is 2.45. The first-order valence-electron chi connectivity index (χ1n) is 8.75. The lowest BCUT2D eigenvalue weighted by atomic mass is 10.2. The van der Waals surface area contributed by atoms with Crippen LogP contribution in [0.15, 0.2) is 34.4 Å². The molecule has 1 aromatic heterocycles. The van der Waals surface area contributed by atoms with Gasteiger partial charge in [0.1, 0.15) is 0 Å². The van der Waals surface area contributed by atoms with Crippen LogP contribution in [0.1, 0.15) is 5.56 Å². The molecule has 1 aliphatic heterocycles. The molecular formula is C17H19FN6O4S. The van der Waals surface area contributed by atoms with Crippen LogP contribution in [0.3, 0.4) is 0 Å². The number of aromatic nitrogens is 2. The molecule has 0 aliphatic carbocycles. The molecule has 0 amide bonds. The van der Waals surface area contributed by atoms with Crippen molar-refractivity contribution in [1.29, 1.82) is 0 Å². The fourth-order valence-corrected chi connectivity index (χ4v) is 3.37. The summed E-state index contributed by atoms with van der Waals surface area (Å²) in [6, 6.07) is 4.66. The van der Waals surface area contributed by atoms with Gasteiger partial charge in [-0.3, -0.25) is 10.1 Å². The van der Waals surface area contributed by atoms with Crippen molar-refractivity contribution in [3.05, 3.63) is 45.9 Å². The summed E-state index contributed by atoms with van der Waals surface area (Å²) in [6.45, 7) is 1.98. The SMILES string of the molecule is O=[N+]([O-])c1cc(/C=N\Nc2ncc(F)c(N3CCOCC3)n2)ccc1SCCO. The first kappa shape index (κ1) is 20.9. The number of rotatable bonds is 8. The number of thioether (sulfide) groups is 1. The molecule has 12 heteroatoms. The molecule has 0 unspecified atom stereocenters. The molecule has 0 bridgehead atoms. The highest BCUT2D eigenvalue weighted by atomic mass is 32.2. The molecular weight excluding hydrogens is 403 g/mol. The lowest BCUT2D eigenvalue weighted by Gasteiger charge is -2.27. The maximum Gasteiger partial charge on any atom is 0.283 e. The van der Waals surface area contributed by atoms with Gasteiger partial charge in [0, 0.05) is 30.5 Å². The van der Waals surface area contributed by atoms with E-state index in [1.54, 1.807) is 17.0 Å². The van der Waals surface area contributed by atoms with Gasteiger partial charge in [0.25, 0.3) is 5.69 Å². The van der Waals surface area contributed by atoms with Crippen LogP contribution in [0, 0.1) is 15.9 Å². The topological polar surface area (TPSA) is 126 Å². The van der Waals surface area contributed by atoms with E-state index in [1.165, 1.54) is 24.0 Å². The largest absolute Gasteiger partial charge is 0.396 e. The maximum atomic E-state index is 14.0. The molecule has 0 spiro atoms. The van der Waals surface area contributed by atoms with E-state index in [0.29, 0.717) is 42.5 Å². The number of aliphatic hydroxyl groups excluding tert-OH is 1. The number of nitrogens with one attached hydrogen (secondary N) is 1. The van der Waals surface area contributed by atoms with Crippen molar-refractivity contribution in [3.63, 3.8) is 0 Å². The van der Waals surface area contributed by atoms with Crippen molar-refractivity contribution in [2.75, 3.05) is 49.0 Å². The third-order valence-corrected chi connectivity index (χ3v) is 4.99. The van der Waals surface area contributed by atoms with Crippen molar-refractivity contribution in [3.8, 4) is 0 Å². The minimum atomic E-state index is -0.534. The number of hydrogen-bond acceptors (Lipinski definition) is 10. The Labute approximate surface area is 170 Å². The van der Waals surface area contributed by atoms with Crippen LogP contribution < -0.4 is 10.3 Å². The average Bonchev–Trinajstić information content (AvgIpc) is 2.74. The molecule has 10 nitrogen and oxygen atoms in total. The monoisotopic (exact) mass is 422 g/mol. The van der Waals surface area contributed by atoms with Crippen molar-refractivity contribution >= 4 is 35.4 Å². The van der Waals surface area contributed by atoms with Gasteiger partial charge in [0.2, 0.25) is 5.95 Å². The minimum absolute atomic E-state index is 0.0694. The predicted octanol–water partition coefficient (Wildman–Crippen LogP) is 1.89. The zero-order valence-electron chi connectivity index (χ0n) is 15.3. The number of ether oxygens (including phenoxy) is 1. The molecule has 0 atom stereocenters. The molecule has 2 aromatic rings. The van der Waals surface area contributed by atoms with Crippen LogP contribution in [0.25, 0.3) is 0 Å². The highest BCUT2D eigenvalue weighted by molar-refractivity contribution is 7.99. The summed E-state index contributed by atoms with van der Waals surface area (Å²) in [4.78, 5) is 21.0. The second-order valence-corrected chi connectivity index (χ2v) is 7.03. The van der Waals surface area contributed by atoms with Crippen LogP contribution in [0.2, 0.25) is 0 Å². The maximum absolute atomic E-state index is 14.0. The Hall–Kier alpha value is -2.83. The number of hydrogen-bond donors (Lipinski definition) is 2. The first-order valence-corrected chi connectivity index (χ1v) is 9.73. The van der Waals surface area contributed by atoms with E-state index in [4.69, 9.17) is 9.84 Å². The van der Waals surface area contributed by atoms with Gasteiger partial charge >= 0.3 is 0 Å². The third-order valence-electron chi connectivity index (χ3n) is 3.94. The summed E-state index contributed by atoms with van der Waals surface area (Å²) < 4.78 is 19.3. The second-order valence-electron chi connectivity index (χ2n) is 5.89. The van der Waals surface area contributed by atoms with Gasteiger partial charge in [-0.2, -0.15) is 10.1 Å². The molecule has 154 valence electrons. The van der Waals surface area contributed by atoms with E-state index in [2.05, 4.69) is 20.5 Å². The van der Waals surface area contributed by atoms with Gasteiger partial charge in [0.15, 0.2) is 11.6 Å². The Kier molecular flexibility index (Phi) is 7.27. The summed E-state index contributed by atoms with van der Waals surface area (Å²) in [5.41, 5.74) is 3.04. The van der Waals surface area contributed by atoms with E-state index in [0.717, 1.165) is 6.20 Å². The number of morpholine rings is 1. The fraction of sp³-hybridized carbons (Fsp3) is 0.353. The summed E-state index contributed by atoms with van der Waals surface area (Å²) in [7, 11) is 0. The van der Waals surface area contributed by atoms with Crippen LogP contribution in [0.4, 0.5) is 21.8 Å². The van der Waals surface area contributed by atoms with E-state index in [-0.39, 0.29) is 24.1 Å². The second kappa shape index (κ2) is 10.1. The third kappa shape index (κ3) is 5.59. The number of nitro groups is 1. The van der Waals surface area contributed by atoms with Gasteiger partial charge in [-0.15, -0.1) is 11.8 Å². The van der Waals surface area contributed by atoms with Gasteiger partial charge in [-0.25, -0.2) is 14.8 Å². The zero-order valence-corrected chi connectivity index (χ0v) is 16.1. The van der Waals surface area contributed by atoms with Crippen LogP contribution in [-0.4, -0.2) is 64.9 Å². The van der Waals surface area contributed by atoms with Gasteiger partial charge in [0.05, 0.1) is 42.1 Å². The predicted molar refractivity (Wildman–Crippen MR) is 107 cm³/mol. The standard InChI is InChI=1S/C17H19FN6O4S/c18-13-11-19-17(21-16(13)23-3-6-28-7-4-23)22-20-10-12-1-2-15(29-8-5-25)14(9-12)24(26)27/h1-2,9-11,25H,3-8H2,(H,19,21,22)/b20-10-. The Morgan fingerprint density at radius 2 is 2.24 bits per heavy atom. The number of aliphatic hydroxyl groups is 1. The molecule has 3 rings (SSSR count). The van der Waals surface area contributed by atoms with E-state index in [9.17, 15) is 14.5 Å². The van der Waals surface area contributed by atoms with Gasteiger partial charge in [-0.1, -0.05) is 6.07 Å². The molecule has 0 radical (unpaired) electrons. The first-order chi connectivity index (χ1) is 14.1. The number of halogens is 1. The van der Waals surface area contributed by atoms with E-state index in [1.807, 2.05) is 0 Å². The number of anilines is 2. The molecule has 1 aromatic carbocycles. The number of hydrazone groups is 1. The van der Waals surface area contributed by atoms with Gasteiger partial charge < -0.3 is 14.7 Å². The molecule has 1 aliphatic rings. The van der Waals surface area contributed by atoms with Crippen molar-refractivity contribution in [1.82, 2.24) is 9.97 Å². The Balaban J connectivity index is 1.71. The molecule has 1 saturated heterocycles. The fourth-order valence-electron chi connectivity index (χ4n) is 2.61. The summed E-state index contributed by atoms with van der Waals surface area (Å²) in [5, 5.41) is 24.1. The highest BCUT2D eigenvalue weighted by Crippen LogP contribution is 2.29. The van der Waals surface area contributed by atoms with Gasteiger partial charge in [-0.05, 0) is 6.07 Å². The molecule has 2 N–H and O–H groups in total. The Morgan fingerprint density at radius 1 is 1.45 bits per heavy atom. The van der Waals surface area contributed by atoms with Crippen molar-refractivity contribution in [2.45, 2.75) is 4.90 Å². The van der Waals surface area contributed by atoms with Crippen molar-refractivity contribution in [2.24, 2.45) is 5.10 Å². The normalized spacial score (nSPS) is 14.3. The van der Waals surface area contributed by atoms with Crippen LogP contribution in [0.5, 0.6) is 0 Å². The number of nitro benzene ring substituents is 1. The lowest BCUT2D eigenvalue weighted by molar-refractivity contribution is -0.387. The minimum Gasteiger partial charge on any atom is -0.396 e. The highest BCUT2D eigenvalue weighted by Gasteiger charge is 2.18. The number of benzene rings is 1. The molecule has 2 heterocycles. The average molecular weight is 422 g/mol. The quantitative estimate of drug-likeness (QED) is 0.284. The Bertz CT molecular complexity index is 894. The summed E-state index contributed by atoms with van der Waals surface area (Å²) >= 11 is 1.20. The smallest absolute Gasteiger partial charge is 0.283 e. The number of nitrogens with zero attached hydrogens (tertiary/aromatic N) is 5. The Morgan fingerprint density at radius 3 is 2.97 bits per heavy atom. The van der Waals surface area contributed by atoms with Crippen LogP contribution >= 0.6 is 11.8 Å². The zero-order chi connectivity index (χ0) is 20.6. The molecule has 0 saturated carbocycles.